The molecule has 0 saturated carbocycles. The van der Waals surface area contributed by atoms with E-state index in [0.717, 1.165) is 18.7 Å². The van der Waals surface area contributed by atoms with Crippen LogP contribution >= 0.6 is 27.7 Å². The molecule has 1 aromatic carbocycles. The van der Waals surface area contributed by atoms with Crippen molar-refractivity contribution < 1.29 is 37.7 Å². The van der Waals surface area contributed by atoms with E-state index in [4.69, 9.17) is 24.5 Å². The van der Waals surface area contributed by atoms with Crippen molar-refractivity contribution in [2.24, 2.45) is 5.11 Å². The molecule has 0 aliphatic heterocycles. The van der Waals surface area contributed by atoms with Crippen LogP contribution in [0.1, 0.15) is 27.7 Å². The number of esters is 3. The van der Waals surface area contributed by atoms with Crippen molar-refractivity contribution in [1.82, 2.24) is 0 Å². The van der Waals surface area contributed by atoms with Gasteiger partial charge >= 0.3 is 17.9 Å². The van der Waals surface area contributed by atoms with Gasteiger partial charge in [-0.2, -0.15) is 0 Å². The third kappa shape index (κ3) is 10.3. The van der Waals surface area contributed by atoms with Gasteiger partial charge in [-0.05, 0) is 30.7 Å². The molecule has 0 fully saturated rings. The van der Waals surface area contributed by atoms with Crippen molar-refractivity contribution in [2.75, 3.05) is 13.2 Å². The second-order valence-electron chi connectivity index (χ2n) is 6.41. The number of thioether (sulfide) groups is 1. The van der Waals surface area contributed by atoms with Crippen molar-refractivity contribution >= 4 is 45.6 Å². The molecule has 13 heteroatoms. The van der Waals surface area contributed by atoms with E-state index < -0.39 is 47.5 Å². The largest absolute Gasteiger partial charge is 0.463 e. The first-order valence-electron chi connectivity index (χ1n) is 9.29. The highest BCUT2D eigenvalue weighted by Gasteiger charge is 2.33. The Labute approximate surface area is 196 Å². The summed E-state index contributed by atoms with van der Waals surface area (Å²) in [6.45, 7) is 4.46. The van der Waals surface area contributed by atoms with Crippen LogP contribution in [0.15, 0.2) is 32.7 Å². The molecule has 1 aromatic rings. The maximum absolute atomic E-state index is 14.4. The summed E-state index contributed by atoms with van der Waals surface area (Å²) in [7, 11) is 0. The number of nitrogens with zero attached hydrogens (tertiary/aromatic N) is 3. The first-order chi connectivity index (χ1) is 15.0. The fourth-order valence-electron chi connectivity index (χ4n) is 2.39. The lowest BCUT2D eigenvalue weighted by atomic mass is 10.2. The summed E-state index contributed by atoms with van der Waals surface area (Å²) in [4.78, 5) is 37.2. The third-order valence-corrected chi connectivity index (χ3v) is 5.42. The summed E-state index contributed by atoms with van der Waals surface area (Å²) in [5.74, 6) is -2.44. The van der Waals surface area contributed by atoms with Crippen LogP contribution in [0.4, 0.5) is 4.39 Å². The van der Waals surface area contributed by atoms with Gasteiger partial charge < -0.3 is 18.9 Å². The Morgan fingerprint density at radius 3 is 2.38 bits per heavy atom. The molecule has 0 saturated heterocycles. The van der Waals surface area contributed by atoms with Gasteiger partial charge in [-0.3, -0.25) is 14.4 Å². The lowest BCUT2D eigenvalue weighted by molar-refractivity contribution is -0.169. The van der Waals surface area contributed by atoms with Gasteiger partial charge in [-0.1, -0.05) is 32.8 Å². The molecule has 0 radical (unpaired) electrons. The van der Waals surface area contributed by atoms with Gasteiger partial charge in [-0.25, -0.2) is 4.39 Å². The van der Waals surface area contributed by atoms with E-state index in [1.165, 1.54) is 39.0 Å². The Hall–Kier alpha value is -2.34. The zero-order valence-electron chi connectivity index (χ0n) is 17.8. The standard InChI is InChI=1S/C19H23BrFN3O7S/c1-10(29-12(3)26)17(9-28-11(2)25)31-19(16(8-23-24-22)30-13(4)27)32-18-7-14(20)5-6-15(18)21/h5-7,10,16-17,19H,8-9H2,1-4H3/t10-,16-,17?,19-/m1/s1. The molecular formula is C19H23BrFN3O7S. The van der Waals surface area contributed by atoms with Gasteiger partial charge in [0.2, 0.25) is 0 Å². The number of hydrogen-bond acceptors (Lipinski definition) is 9. The number of carbonyl (C=O) groups excluding carboxylic acids is 3. The average molecular weight is 536 g/mol. The first kappa shape index (κ1) is 27.7. The van der Waals surface area contributed by atoms with Crippen molar-refractivity contribution in [2.45, 2.75) is 56.3 Å². The van der Waals surface area contributed by atoms with Crippen LogP contribution in [0.25, 0.3) is 10.4 Å². The first-order valence-corrected chi connectivity index (χ1v) is 11.0. The van der Waals surface area contributed by atoms with Crippen LogP contribution in [-0.4, -0.2) is 54.8 Å². The second kappa shape index (κ2) is 13.9. The van der Waals surface area contributed by atoms with E-state index in [1.807, 2.05) is 0 Å². The number of halogens is 2. The Morgan fingerprint density at radius 2 is 1.81 bits per heavy atom. The number of carbonyl (C=O) groups is 3. The van der Waals surface area contributed by atoms with Crippen molar-refractivity contribution in [1.29, 1.82) is 0 Å². The SMILES string of the molecule is CC(=O)OCC(O[C@H](Sc1cc(Br)ccc1F)[C@@H](CN=[N+]=[N-])OC(C)=O)[C@@H](C)OC(C)=O. The van der Waals surface area contributed by atoms with Crippen LogP contribution in [-0.2, 0) is 33.3 Å². The molecule has 4 atom stereocenters. The monoisotopic (exact) mass is 535 g/mol. The number of azide groups is 1. The highest BCUT2D eigenvalue weighted by atomic mass is 79.9. The molecule has 0 aromatic heterocycles. The zero-order chi connectivity index (χ0) is 24.3. The van der Waals surface area contributed by atoms with E-state index in [1.54, 1.807) is 0 Å². The molecule has 0 amide bonds. The van der Waals surface area contributed by atoms with Crippen LogP contribution < -0.4 is 0 Å². The molecule has 0 N–H and O–H groups in total. The molecule has 0 aliphatic carbocycles. The van der Waals surface area contributed by atoms with E-state index in [2.05, 4.69) is 26.0 Å². The Morgan fingerprint density at radius 1 is 1.16 bits per heavy atom. The number of rotatable bonds is 12. The molecule has 0 spiro atoms. The fourth-order valence-corrected chi connectivity index (χ4v) is 4.02. The van der Waals surface area contributed by atoms with Crippen LogP contribution in [0.3, 0.4) is 0 Å². The summed E-state index contributed by atoms with van der Waals surface area (Å²) in [5.41, 5.74) is 7.59. The van der Waals surface area contributed by atoms with Gasteiger partial charge in [0.15, 0.2) is 0 Å². The van der Waals surface area contributed by atoms with E-state index in [9.17, 15) is 18.8 Å². The smallest absolute Gasteiger partial charge is 0.303 e. The van der Waals surface area contributed by atoms with Gasteiger partial charge in [0.25, 0.3) is 0 Å². The normalized spacial score (nSPS) is 14.3. The van der Waals surface area contributed by atoms with Gasteiger partial charge in [0.1, 0.15) is 36.2 Å². The predicted octanol–water partition coefficient (Wildman–Crippen LogP) is 4.15. The average Bonchev–Trinajstić information content (AvgIpc) is 2.69. The van der Waals surface area contributed by atoms with Crippen molar-refractivity contribution in [3.05, 3.63) is 38.9 Å². The fraction of sp³-hybridized carbons (Fsp3) is 0.526. The number of hydrogen-bond donors (Lipinski definition) is 0. The lowest BCUT2D eigenvalue weighted by Crippen LogP contribution is -2.42. The minimum Gasteiger partial charge on any atom is -0.463 e. The summed E-state index contributed by atoms with van der Waals surface area (Å²) in [5, 5.41) is 3.44. The maximum atomic E-state index is 14.4. The molecule has 10 nitrogen and oxygen atoms in total. The van der Waals surface area contributed by atoms with Crippen molar-refractivity contribution in [3.63, 3.8) is 0 Å². The molecule has 32 heavy (non-hydrogen) atoms. The summed E-state index contributed by atoms with van der Waals surface area (Å²) in [6.07, 6.45) is -3.00. The maximum Gasteiger partial charge on any atom is 0.303 e. The Bertz CT molecular complexity index is 865. The second-order valence-corrected chi connectivity index (χ2v) is 8.47. The Kier molecular flexibility index (Phi) is 12.1. The van der Waals surface area contributed by atoms with E-state index in [-0.39, 0.29) is 18.0 Å². The van der Waals surface area contributed by atoms with Gasteiger partial charge in [-0.15, -0.1) is 0 Å². The number of benzene rings is 1. The molecule has 0 bridgehead atoms. The topological polar surface area (TPSA) is 137 Å². The summed E-state index contributed by atoms with van der Waals surface area (Å²) in [6, 6.07) is 4.23. The summed E-state index contributed by atoms with van der Waals surface area (Å²) < 4.78 is 36.4. The quantitative estimate of drug-likeness (QED) is 0.0739. The van der Waals surface area contributed by atoms with Crippen LogP contribution in [0.5, 0.6) is 0 Å². The molecule has 0 heterocycles. The van der Waals surface area contributed by atoms with E-state index >= 15 is 0 Å². The van der Waals surface area contributed by atoms with Crippen LogP contribution in [0, 0.1) is 5.82 Å². The summed E-state index contributed by atoms with van der Waals surface area (Å²) >= 11 is 4.12. The molecule has 176 valence electrons. The predicted molar refractivity (Wildman–Crippen MR) is 116 cm³/mol. The highest BCUT2D eigenvalue weighted by molar-refractivity contribution is 9.10. The van der Waals surface area contributed by atoms with Crippen molar-refractivity contribution in [3.8, 4) is 0 Å². The Balaban J connectivity index is 3.32. The lowest BCUT2D eigenvalue weighted by Gasteiger charge is -2.31. The molecular weight excluding hydrogens is 513 g/mol. The minimum atomic E-state index is -1.13. The van der Waals surface area contributed by atoms with Gasteiger partial charge in [0, 0.05) is 35.1 Å². The third-order valence-electron chi connectivity index (χ3n) is 3.72. The molecule has 1 unspecified atom stereocenters. The van der Waals surface area contributed by atoms with E-state index in [0.29, 0.717) is 4.47 Å². The molecule has 0 aliphatic rings. The number of ether oxygens (including phenoxy) is 4. The van der Waals surface area contributed by atoms with Gasteiger partial charge in [0.05, 0.1) is 6.54 Å². The minimum absolute atomic E-state index is 0.147. The highest BCUT2D eigenvalue weighted by Crippen LogP contribution is 2.33. The zero-order valence-corrected chi connectivity index (χ0v) is 20.2. The van der Waals surface area contributed by atoms with Crippen LogP contribution in [0.2, 0.25) is 0 Å². The molecule has 1 rings (SSSR count).